The number of nitrogens with two attached hydrogens (primary N) is 1. The van der Waals surface area contributed by atoms with Crippen molar-refractivity contribution in [3.05, 3.63) is 42.9 Å². The highest BCUT2D eigenvalue weighted by Crippen LogP contribution is 2.31. The Morgan fingerprint density at radius 1 is 1.16 bits per heavy atom. The molecule has 94 valence electrons. The summed E-state index contributed by atoms with van der Waals surface area (Å²) in [5.74, 6) is 1.13. The second-order valence-electron chi connectivity index (χ2n) is 4.04. The van der Waals surface area contributed by atoms with Crippen molar-refractivity contribution in [3.8, 4) is 17.0 Å². The number of benzene rings is 1. The molecule has 2 N–H and O–H groups in total. The topological polar surface area (TPSA) is 73.9 Å². The predicted octanol–water partition coefficient (Wildman–Crippen LogP) is 2.28. The fourth-order valence-corrected chi connectivity index (χ4v) is 2.05. The van der Waals surface area contributed by atoms with Crippen LogP contribution >= 0.6 is 0 Å². The molecule has 0 saturated carbocycles. The third-order valence-electron chi connectivity index (χ3n) is 2.88. The third-order valence-corrected chi connectivity index (χ3v) is 2.88. The Balaban J connectivity index is 2.31. The number of fused-ring (bicyclic) bond motifs is 1. The highest BCUT2D eigenvalue weighted by molar-refractivity contribution is 5.96. The maximum Gasteiger partial charge on any atom is 0.145 e. The van der Waals surface area contributed by atoms with Crippen molar-refractivity contribution in [1.29, 1.82) is 0 Å². The van der Waals surface area contributed by atoms with Gasteiger partial charge in [0.15, 0.2) is 0 Å². The Morgan fingerprint density at radius 3 is 2.84 bits per heavy atom. The molecule has 2 heterocycles. The average Bonchev–Trinajstić information content (AvgIpc) is 2.46. The molecule has 0 saturated heterocycles. The fraction of sp³-hybridized carbons (Fsp3) is 0.0714. The zero-order valence-electron chi connectivity index (χ0n) is 10.4. The molecule has 3 aromatic rings. The van der Waals surface area contributed by atoms with Crippen LogP contribution in [0.1, 0.15) is 0 Å². The summed E-state index contributed by atoms with van der Waals surface area (Å²) >= 11 is 0. The standard InChI is InChI=1S/C14H12N4O/c1-19-12-5-4-9(10-3-2-6-17-14(10)12)11-7-16-8-13(15)18-11/h2-8H,1H3,(H2,15,18). The highest BCUT2D eigenvalue weighted by Gasteiger charge is 2.10. The number of nitrogens with zero attached hydrogens (tertiary/aromatic N) is 3. The highest BCUT2D eigenvalue weighted by atomic mass is 16.5. The summed E-state index contributed by atoms with van der Waals surface area (Å²) < 4.78 is 5.32. The molecule has 0 unspecified atom stereocenters. The second kappa shape index (κ2) is 4.53. The number of pyridine rings is 1. The Morgan fingerprint density at radius 2 is 2.05 bits per heavy atom. The van der Waals surface area contributed by atoms with E-state index >= 15 is 0 Å². The molecule has 0 amide bonds. The molecule has 2 aromatic heterocycles. The number of anilines is 1. The predicted molar refractivity (Wildman–Crippen MR) is 73.7 cm³/mol. The van der Waals surface area contributed by atoms with E-state index in [0.29, 0.717) is 5.82 Å². The smallest absolute Gasteiger partial charge is 0.145 e. The molecule has 0 spiro atoms. The summed E-state index contributed by atoms with van der Waals surface area (Å²) in [6.07, 6.45) is 4.94. The van der Waals surface area contributed by atoms with Gasteiger partial charge in [-0.1, -0.05) is 6.07 Å². The second-order valence-corrected chi connectivity index (χ2v) is 4.04. The Labute approximate surface area is 110 Å². The Hall–Kier alpha value is -2.69. The molecule has 19 heavy (non-hydrogen) atoms. The molecule has 0 radical (unpaired) electrons. The minimum absolute atomic E-state index is 0.394. The van der Waals surface area contributed by atoms with Crippen LogP contribution in [-0.4, -0.2) is 22.1 Å². The van der Waals surface area contributed by atoms with Crippen molar-refractivity contribution in [1.82, 2.24) is 15.0 Å². The number of nitrogen functional groups attached to an aromatic ring is 1. The van der Waals surface area contributed by atoms with Crippen molar-refractivity contribution in [2.24, 2.45) is 0 Å². The number of hydrogen-bond donors (Lipinski definition) is 1. The molecule has 1 aromatic carbocycles. The van der Waals surface area contributed by atoms with Crippen molar-refractivity contribution in [2.45, 2.75) is 0 Å². The SMILES string of the molecule is COc1ccc(-c2cncc(N)n2)c2cccnc12. The van der Waals surface area contributed by atoms with Crippen LogP contribution in [0.4, 0.5) is 5.82 Å². The molecule has 0 fully saturated rings. The zero-order valence-corrected chi connectivity index (χ0v) is 10.4. The quantitative estimate of drug-likeness (QED) is 0.757. The van der Waals surface area contributed by atoms with E-state index in [1.807, 2.05) is 24.3 Å². The van der Waals surface area contributed by atoms with Gasteiger partial charge in [0.25, 0.3) is 0 Å². The first-order valence-electron chi connectivity index (χ1n) is 5.79. The summed E-state index contributed by atoms with van der Waals surface area (Å²) in [7, 11) is 1.63. The van der Waals surface area contributed by atoms with Gasteiger partial charge >= 0.3 is 0 Å². The van der Waals surface area contributed by atoms with E-state index < -0.39 is 0 Å². The number of rotatable bonds is 2. The van der Waals surface area contributed by atoms with Crippen LogP contribution < -0.4 is 10.5 Å². The monoisotopic (exact) mass is 252 g/mol. The van der Waals surface area contributed by atoms with Crippen LogP contribution in [0, 0.1) is 0 Å². The van der Waals surface area contributed by atoms with E-state index in [9.17, 15) is 0 Å². The number of ether oxygens (including phenoxy) is 1. The van der Waals surface area contributed by atoms with Gasteiger partial charge in [-0.25, -0.2) is 4.98 Å². The van der Waals surface area contributed by atoms with Crippen molar-refractivity contribution in [2.75, 3.05) is 12.8 Å². The van der Waals surface area contributed by atoms with Crippen LogP contribution in [0.15, 0.2) is 42.9 Å². The first-order chi connectivity index (χ1) is 9.29. The van der Waals surface area contributed by atoms with Crippen molar-refractivity contribution in [3.63, 3.8) is 0 Å². The maximum atomic E-state index is 5.68. The van der Waals surface area contributed by atoms with Gasteiger partial charge < -0.3 is 10.5 Å². The van der Waals surface area contributed by atoms with Crippen molar-refractivity contribution >= 4 is 16.7 Å². The Bertz CT molecular complexity index is 742. The lowest BCUT2D eigenvalue weighted by atomic mass is 10.1. The molecule has 0 aliphatic carbocycles. The van der Waals surface area contributed by atoms with Gasteiger partial charge in [0, 0.05) is 17.1 Å². The van der Waals surface area contributed by atoms with Crippen molar-refractivity contribution < 1.29 is 4.74 Å². The number of hydrogen-bond acceptors (Lipinski definition) is 5. The fourth-order valence-electron chi connectivity index (χ4n) is 2.05. The van der Waals surface area contributed by atoms with Crippen LogP contribution in [0.2, 0.25) is 0 Å². The molecule has 0 atom stereocenters. The van der Waals surface area contributed by atoms with Gasteiger partial charge in [0.1, 0.15) is 17.1 Å². The van der Waals surface area contributed by atoms with Gasteiger partial charge in [0.05, 0.1) is 25.2 Å². The molecule has 3 rings (SSSR count). The van der Waals surface area contributed by atoms with E-state index in [1.165, 1.54) is 6.20 Å². The summed E-state index contributed by atoms with van der Waals surface area (Å²) in [6.45, 7) is 0. The molecule has 0 bridgehead atoms. The molecule has 5 heteroatoms. The van der Waals surface area contributed by atoms with Crippen LogP contribution in [0.25, 0.3) is 22.2 Å². The van der Waals surface area contributed by atoms with Crippen LogP contribution in [0.3, 0.4) is 0 Å². The van der Waals surface area contributed by atoms with Gasteiger partial charge in [-0.05, 0) is 18.2 Å². The van der Waals surface area contributed by atoms with Gasteiger partial charge in [-0.2, -0.15) is 0 Å². The minimum Gasteiger partial charge on any atom is -0.494 e. The first-order valence-corrected chi connectivity index (χ1v) is 5.79. The van der Waals surface area contributed by atoms with Crippen LogP contribution in [0.5, 0.6) is 5.75 Å². The van der Waals surface area contributed by atoms with E-state index in [-0.39, 0.29) is 0 Å². The summed E-state index contributed by atoms with van der Waals surface area (Å²) in [6, 6.07) is 7.66. The zero-order chi connectivity index (χ0) is 13.2. The molecule has 5 nitrogen and oxygen atoms in total. The summed E-state index contributed by atoms with van der Waals surface area (Å²) in [5, 5.41) is 0.960. The van der Waals surface area contributed by atoms with Crippen LogP contribution in [-0.2, 0) is 0 Å². The van der Waals surface area contributed by atoms with E-state index in [0.717, 1.165) is 27.9 Å². The summed E-state index contributed by atoms with van der Waals surface area (Å²) in [4.78, 5) is 12.7. The summed E-state index contributed by atoms with van der Waals surface area (Å²) in [5.41, 5.74) is 8.14. The normalized spacial score (nSPS) is 10.6. The van der Waals surface area contributed by atoms with Gasteiger partial charge in [-0.3, -0.25) is 9.97 Å². The lowest BCUT2D eigenvalue weighted by Gasteiger charge is -2.09. The van der Waals surface area contributed by atoms with Gasteiger partial charge in [-0.15, -0.1) is 0 Å². The first kappa shape index (κ1) is 11.4. The lowest BCUT2D eigenvalue weighted by Crippen LogP contribution is -1.95. The third kappa shape index (κ3) is 1.95. The maximum absolute atomic E-state index is 5.68. The Kier molecular flexibility index (Phi) is 2.72. The minimum atomic E-state index is 0.394. The molecular formula is C14H12N4O. The number of methoxy groups -OCH3 is 1. The van der Waals surface area contributed by atoms with E-state index in [1.54, 1.807) is 19.5 Å². The molecule has 0 aliphatic rings. The van der Waals surface area contributed by atoms with Gasteiger partial charge in [0.2, 0.25) is 0 Å². The lowest BCUT2D eigenvalue weighted by molar-refractivity contribution is 0.419. The van der Waals surface area contributed by atoms with E-state index in [4.69, 9.17) is 10.5 Å². The molecule has 0 aliphatic heterocycles. The average molecular weight is 252 g/mol. The number of aromatic nitrogens is 3. The molecular weight excluding hydrogens is 240 g/mol. The van der Waals surface area contributed by atoms with E-state index in [2.05, 4.69) is 15.0 Å². The largest absolute Gasteiger partial charge is 0.494 e.